The van der Waals surface area contributed by atoms with E-state index in [0.717, 1.165) is 51.5 Å². The van der Waals surface area contributed by atoms with E-state index in [0.29, 0.717) is 79.2 Å². The SMILES string of the molecule is C#Cc1c(F)ccc2cc(O)cc(-c3nc4c5c(nc(OC[C@@]67CCCN6C[C@H](F)C7)nc5c3F)N3C[C@@H](CC)N(Cc5oc(=O)oc5CCCCCCCC)C[C@H]3CC[C@H]4C)c12. The van der Waals surface area contributed by atoms with Gasteiger partial charge in [0.1, 0.15) is 41.4 Å². The molecule has 7 heterocycles. The number of nitrogens with zero attached hydrogens (tertiary/aromatic N) is 6. The van der Waals surface area contributed by atoms with E-state index in [9.17, 15) is 14.3 Å². The Bertz CT molecular complexity index is 2610. The molecular weight excluding hydrogens is 810 g/mol. The smallest absolute Gasteiger partial charge is 0.508 e. The third-order valence-corrected chi connectivity index (χ3v) is 14.2. The second-order valence-electron chi connectivity index (χ2n) is 18.3. The van der Waals surface area contributed by atoms with E-state index in [2.05, 4.69) is 34.5 Å². The molecule has 11 nitrogen and oxygen atoms in total. The lowest BCUT2D eigenvalue weighted by atomic mass is 9.89. The van der Waals surface area contributed by atoms with E-state index in [1.54, 1.807) is 0 Å². The molecule has 5 atom stereocenters. The Morgan fingerprint density at radius 3 is 2.62 bits per heavy atom. The number of anilines is 1. The number of phenols is 1. The van der Waals surface area contributed by atoms with Crippen molar-refractivity contribution < 1.29 is 31.8 Å². The molecule has 3 fully saturated rings. The van der Waals surface area contributed by atoms with Gasteiger partial charge < -0.3 is 23.6 Å². The molecule has 0 aliphatic carbocycles. The quantitative estimate of drug-likeness (QED) is 0.0849. The molecule has 3 aromatic heterocycles. The van der Waals surface area contributed by atoms with Crippen LogP contribution in [0.5, 0.6) is 11.8 Å². The number of unbranched alkanes of at least 4 members (excludes halogenated alkanes) is 5. The van der Waals surface area contributed by atoms with E-state index in [1.165, 1.54) is 43.5 Å². The molecular formula is C49H57F3N6O5. The fourth-order valence-electron chi connectivity index (χ4n) is 10.9. The van der Waals surface area contributed by atoms with Crippen LogP contribution in [0.25, 0.3) is 32.9 Å². The Labute approximate surface area is 366 Å². The molecule has 4 aliphatic rings. The van der Waals surface area contributed by atoms with Crippen LogP contribution in [-0.4, -0.2) is 86.4 Å². The number of rotatable bonds is 14. The summed E-state index contributed by atoms with van der Waals surface area (Å²) < 4.78 is 65.7. The number of halogens is 3. The lowest BCUT2D eigenvalue weighted by molar-refractivity contribution is 0.107. The fourth-order valence-corrected chi connectivity index (χ4v) is 10.9. The maximum atomic E-state index is 17.7. The first-order valence-electron chi connectivity index (χ1n) is 23.0. The van der Waals surface area contributed by atoms with Crippen LogP contribution >= 0.6 is 0 Å². The van der Waals surface area contributed by atoms with Gasteiger partial charge in [-0.3, -0.25) is 9.80 Å². The average Bonchev–Trinajstić information content (AvgIpc) is 3.92. The molecule has 0 spiro atoms. The summed E-state index contributed by atoms with van der Waals surface area (Å²) in [4.78, 5) is 34.2. The Morgan fingerprint density at radius 1 is 1.00 bits per heavy atom. The molecule has 9 rings (SSSR count). The minimum Gasteiger partial charge on any atom is -0.508 e. The zero-order valence-corrected chi connectivity index (χ0v) is 36.5. The standard InChI is InChI=1S/C49H57F3N6O5/c1-5-8-9-10-11-12-14-38-39(63-48(60)62-38)27-56-25-33-17-15-29(4)43-41-45(42(52)44(53-43)36-22-34(59)21-30-16-18-37(51)35(7-3)40(30)36)54-47(55-46(41)58(33)26-32(56)6-2)61-28-49-19-13-20-57(49)24-31(50)23-49/h3,16,18,21-22,29,31-33,59H,5-6,8-15,17,19-20,23-28H2,1-2,4H3/t29-,31-,32-,33-,49+/m1/s1. The van der Waals surface area contributed by atoms with Crippen LogP contribution < -0.4 is 15.5 Å². The summed E-state index contributed by atoms with van der Waals surface area (Å²) in [5.74, 6) is 1.65. The summed E-state index contributed by atoms with van der Waals surface area (Å²) in [6.07, 6.45) is 16.5. The highest BCUT2D eigenvalue weighted by molar-refractivity contribution is 6.03. The highest BCUT2D eigenvalue weighted by Gasteiger charge is 2.49. The number of aromatic nitrogens is 3. The van der Waals surface area contributed by atoms with Gasteiger partial charge in [0.2, 0.25) is 0 Å². The number of piperazine rings is 1. The summed E-state index contributed by atoms with van der Waals surface area (Å²) >= 11 is 0. The van der Waals surface area contributed by atoms with Crippen molar-refractivity contribution in [3.05, 3.63) is 69.3 Å². The van der Waals surface area contributed by atoms with Gasteiger partial charge in [0.15, 0.2) is 17.3 Å². The zero-order chi connectivity index (χ0) is 44.0. The van der Waals surface area contributed by atoms with Crippen molar-refractivity contribution in [2.24, 2.45) is 0 Å². The molecule has 0 saturated carbocycles. The topological polar surface area (TPSA) is 121 Å². The average molecular weight is 867 g/mol. The molecule has 0 radical (unpaired) electrons. The molecule has 0 unspecified atom stereocenters. The van der Waals surface area contributed by atoms with Gasteiger partial charge >= 0.3 is 11.8 Å². The number of terminal acetylenes is 1. The number of pyridine rings is 1. The summed E-state index contributed by atoms with van der Waals surface area (Å²) in [6, 6.07) is 5.46. The highest BCUT2D eigenvalue weighted by atomic mass is 19.1. The number of benzene rings is 2. The number of aromatic hydroxyl groups is 1. The molecule has 14 heteroatoms. The molecule has 0 bridgehead atoms. The summed E-state index contributed by atoms with van der Waals surface area (Å²) in [5, 5.41) is 12.1. The van der Waals surface area contributed by atoms with Gasteiger partial charge in [0, 0.05) is 55.5 Å². The van der Waals surface area contributed by atoms with E-state index >= 15 is 8.78 Å². The minimum absolute atomic E-state index is 0.00300. The van der Waals surface area contributed by atoms with Crippen LogP contribution in [0.2, 0.25) is 0 Å². The first-order chi connectivity index (χ1) is 30.5. The van der Waals surface area contributed by atoms with Gasteiger partial charge in [0.05, 0.1) is 28.7 Å². The van der Waals surface area contributed by atoms with Gasteiger partial charge in [-0.05, 0) is 74.6 Å². The molecule has 63 heavy (non-hydrogen) atoms. The van der Waals surface area contributed by atoms with Gasteiger partial charge in [-0.15, -0.1) is 6.42 Å². The highest BCUT2D eigenvalue weighted by Crippen LogP contribution is 2.46. The van der Waals surface area contributed by atoms with Crippen molar-refractivity contribution in [1.29, 1.82) is 0 Å². The number of hydrogen-bond donors (Lipinski definition) is 1. The Kier molecular flexibility index (Phi) is 12.2. The largest absolute Gasteiger partial charge is 0.519 e. The zero-order valence-electron chi connectivity index (χ0n) is 36.5. The van der Waals surface area contributed by atoms with Crippen molar-refractivity contribution in [2.75, 3.05) is 37.7 Å². The Balaban J connectivity index is 1.13. The normalized spacial score (nSPS) is 23.8. The van der Waals surface area contributed by atoms with Gasteiger partial charge in [-0.1, -0.05) is 64.9 Å². The van der Waals surface area contributed by atoms with Crippen molar-refractivity contribution in [2.45, 2.75) is 140 Å². The van der Waals surface area contributed by atoms with Gasteiger partial charge in [0.25, 0.3) is 0 Å². The van der Waals surface area contributed by atoms with Crippen LogP contribution in [0.1, 0.15) is 127 Å². The number of hydrogen-bond acceptors (Lipinski definition) is 11. The monoisotopic (exact) mass is 866 g/mol. The predicted molar refractivity (Wildman–Crippen MR) is 236 cm³/mol. The van der Waals surface area contributed by atoms with Gasteiger partial charge in [-0.2, -0.15) is 9.97 Å². The van der Waals surface area contributed by atoms with Crippen LogP contribution in [0.15, 0.2) is 37.9 Å². The third-order valence-electron chi connectivity index (χ3n) is 14.2. The maximum Gasteiger partial charge on any atom is 0.519 e. The van der Waals surface area contributed by atoms with Crippen molar-refractivity contribution >= 4 is 27.5 Å². The molecule has 3 saturated heterocycles. The van der Waals surface area contributed by atoms with Crippen LogP contribution in [0.3, 0.4) is 0 Å². The Hall–Kier alpha value is -5.13. The molecule has 5 aromatic rings. The lowest BCUT2D eigenvalue weighted by Gasteiger charge is -2.48. The predicted octanol–water partition coefficient (Wildman–Crippen LogP) is 9.58. The lowest BCUT2D eigenvalue weighted by Crippen LogP contribution is -2.58. The number of phenolic OH excluding ortho intramolecular Hbond substituents is 1. The van der Waals surface area contributed by atoms with Crippen LogP contribution in [0, 0.1) is 24.0 Å². The van der Waals surface area contributed by atoms with E-state index in [-0.39, 0.29) is 64.1 Å². The van der Waals surface area contributed by atoms with Crippen molar-refractivity contribution in [1.82, 2.24) is 24.8 Å². The van der Waals surface area contributed by atoms with Crippen LogP contribution in [0.4, 0.5) is 19.0 Å². The fraction of sp³-hybridized carbons (Fsp3) is 0.551. The Morgan fingerprint density at radius 2 is 1.81 bits per heavy atom. The third kappa shape index (κ3) is 8.16. The number of alkyl halides is 1. The molecule has 2 aromatic carbocycles. The van der Waals surface area contributed by atoms with E-state index < -0.39 is 29.2 Å². The molecule has 4 aliphatic heterocycles. The van der Waals surface area contributed by atoms with E-state index in [4.69, 9.17) is 34.9 Å². The van der Waals surface area contributed by atoms with Crippen molar-refractivity contribution in [3.63, 3.8) is 0 Å². The molecule has 1 N–H and O–H groups in total. The second-order valence-corrected chi connectivity index (χ2v) is 18.3. The first kappa shape index (κ1) is 43.1. The number of aryl methyl sites for hydroxylation is 1. The van der Waals surface area contributed by atoms with Crippen molar-refractivity contribution in [3.8, 4) is 35.4 Å². The minimum atomic E-state index is -0.963. The van der Waals surface area contributed by atoms with Crippen LogP contribution in [-0.2, 0) is 13.0 Å². The van der Waals surface area contributed by atoms with Gasteiger partial charge in [-0.25, -0.2) is 22.9 Å². The summed E-state index contributed by atoms with van der Waals surface area (Å²) in [5.41, 5.74) is 0.0199. The summed E-state index contributed by atoms with van der Waals surface area (Å²) in [6.45, 7) is 9.22. The first-order valence-corrected chi connectivity index (χ1v) is 23.0. The summed E-state index contributed by atoms with van der Waals surface area (Å²) in [7, 11) is 0. The molecule has 0 amide bonds. The number of ether oxygens (including phenoxy) is 1. The maximum absolute atomic E-state index is 17.7. The second kappa shape index (κ2) is 17.8. The number of fused-ring (bicyclic) bond motifs is 4. The molecule has 334 valence electrons. The van der Waals surface area contributed by atoms with E-state index in [1.807, 2.05) is 6.92 Å².